The Hall–Kier alpha value is -4.51. The molecule has 0 bridgehead atoms. The molecule has 0 radical (unpaired) electrons. The van der Waals surface area contributed by atoms with Crippen LogP contribution < -0.4 is 10.6 Å². The van der Waals surface area contributed by atoms with Gasteiger partial charge in [-0.2, -0.15) is 0 Å². The first-order valence-corrected chi connectivity index (χ1v) is 18.7. The number of ether oxygens (including phenoxy) is 3. The van der Waals surface area contributed by atoms with Gasteiger partial charge in [0.05, 0.1) is 32.4 Å². The fraction of sp³-hybridized carbons (Fsp3) is 0.341. The van der Waals surface area contributed by atoms with Crippen molar-refractivity contribution in [3.8, 4) is 0 Å². The molecule has 1 aliphatic rings. The summed E-state index contributed by atoms with van der Waals surface area (Å²) in [5.74, 6) is -0.242. The van der Waals surface area contributed by atoms with Gasteiger partial charge in [-0.3, -0.25) is 4.79 Å². The molecule has 0 spiro atoms. The summed E-state index contributed by atoms with van der Waals surface area (Å²) in [4.78, 5) is 42.9. The topological polar surface area (TPSA) is 106 Å². The number of para-hydroxylation sites is 1. The van der Waals surface area contributed by atoms with Crippen molar-refractivity contribution in [2.75, 3.05) is 31.3 Å². The zero-order chi connectivity index (χ0) is 37.1. The average molecular weight is 744 g/mol. The molecule has 274 valence electrons. The highest BCUT2D eigenvalue weighted by Crippen LogP contribution is 2.31. The zero-order valence-electron chi connectivity index (χ0n) is 29.9. The average Bonchev–Trinajstić information content (AvgIpc) is 3.14. The van der Waals surface area contributed by atoms with Gasteiger partial charge in [0.2, 0.25) is 5.91 Å². The molecule has 4 aromatic rings. The van der Waals surface area contributed by atoms with Gasteiger partial charge in [-0.05, 0) is 80.6 Å². The molecule has 52 heavy (non-hydrogen) atoms. The number of thioether (sulfide) groups is 1. The van der Waals surface area contributed by atoms with E-state index in [9.17, 15) is 14.4 Å². The summed E-state index contributed by atoms with van der Waals surface area (Å²) >= 11 is 7.73. The summed E-state index contributed by atoms with van der Waals surface area (Å²) in [6.45, 7) is 6.36. The Morgan fingerprint density at radius 2 is 1.46 bits per heavy atom. The molecule has 1 fully saturated rings. The number of aryl methyl sites for hydroxylation is 1. The van der Waals surface area contributed by atoms with E-state index in [2.05, 4.69) is 10.6 Å². The molecular formula is C41H46ClN3O6S. The Morgan fingerprint density at radius 1 is 0.865 bits per heavy atom. The van der Waals surface area contributed by atoms with Gasteiger partial charge in [0.25, 0.3) is 0 Å². The van der Waals surface area contributed by atoms with E-state index >= 15 is 0 Å². The molecule has 0 aliphatic carbocycles. The minimum Gasteiger partial charge on any atom is -0.453 e. The Morgan fingerprint density at radius 3 is 2.08 bits per heavy atom. The standard InChI is InChI=1S/C41H46ClN3O6S/c1-41(2,3)51-40(48)45-25-32(50-33(26-45)27-52-34-23-20-31(42)21-24-34)22-19-28-13-11-12-18-35(28)43-38(46)37(44-39(47)49-4)36(29-14-7-5-8-15-29)30-16-9-6-10-17-30/h5-18,20-21,23-24,32-33,36-37H,19,22,25-27H2,1-4H3,(H,43,46)(H,44,47)/t32-,33+,37?/m1/s1. The SMILES string of the molecule is COC(=O)NC(C(=O)Nc1ccccc1CC[C@@H]1CN(C(=O)OC(C)(C)C)C[C@@H](CSc2ccc(Cl)cc2)O1)C(c1ccccc1)c1ccccc1. The number of morpholine rings is 1. The van der Waals surface area contributed by atoms with Crippen LogP contribution in [0.15, 0.2) is 114 Å². The Labute approximate surface area is 315 Å². The summed E-state index contributed by atoms with van der Waals surface area (Å²) < 4.78 is 17.3. The predicted molar refractivity (Wildman–Crippen MR) is 206 cm³/mol. The summed E-state index contributed by atoms with van der Waals surface area (Å²) in [5, 5.41) is 6.58. The Bertz CT molecular complexity index is 1730. The van der Waals surface area contributed by atoms with E-state index in [1.807, 2.05) is 130 Å². The second-order valence-electron chi connectivity index (χ2n) is 13.6. The third kappa shape index (κ3) is 11.2. The van der Waals surface area contributed by atoms with Crippen LogP contribution >= 0.6 is 23.4 Å². The lowest BCUT2D eigenvalue weighted by Gasteiger charge is -2.38. The van der Waals surface area contributed by atoms with Crippen molar-refractivity contribution in [2.24, 2.45) is 0 Å². The van der Waals surface area contributed by atoms with Crippen LogP contribution in [-0.4, -0.2) is 72.8 Å². The van der Waals surface area contributed by atoms with E-state index in [1.165, 1.54) is 7.11 Å². The molecule has 1 aliphatic heterocycles. The van der Waals surface area contributed by atoms with E-state index in [0.29, 0.717) is 42.4 Å². The number of carbonyl (C=O) groups is 3. The number of hydrogen-bond donors (Lipinski definition) is 2. The summed E-state index contributed by atoms with van der Waals surface area (Å²) in [7, 11) is 1.28. The van der Waals surface area contributed by atoms with Crippen molar-refractivity contribution in [1.82, 2.24) is 10.2 Å². The van der Waals surface area contributed by atoms with Gasteiger partial charge in [0.1, 0.15) is 11.6 Å². The van der Waals surface area contributed by atoms with Crippen LogP contribution in [0.3, 0.4) is 0 Å². The highest BCUT2D eigenvalue weighted by atomic mass is 35.5. The minimum absolute atomic E-state index is 0.222. The molecular weight excluding hydrogens is 698 g/mol. The molecule has 4 aromatic carbocycles. The van der Waals surface area contributed by atoms with Crippen molar-refractivity contribution >= 4 is 47.1 Å². The van der Waals surface area contributed by atoms with Crippen LogP contribution in [0.2, 0.25) is 5.02 Å². The van der Waals surface area contributed by atoms with E-state index in [1.54, 1.807) is 16.7 Å². The lowest BCUT2D eigenvalue weighted by molar-refractivity contribution is -0.118. The number of nitrogens with zero attached hydrogens (tertiary/aromatic N) is 1. The van der Waals surface area contributed by atoms with Crippen LogP contribution in [-0.2, 0) is 25.4 Å². The van der Waals surface area contributed by atoms with E-state index in [0.717, 1.165) is 21.6 Å². The zero-order valence-corrected chi connectivity index (χ0v) is 31.5. The number of amides is 3. The van der Waals surface area contributed by atoms with Gasteiger partial charge < -0.3 is 29.7 Å². The quantitative estimate of drug-likeness (QED) is 0.140. The van der Waals surface area contributed by atoms with E-state index in [4.69, 9.17) is 25.8 Å². The summed E-state index contributed by atoms with van der Waals surface area (Å²) in [6, 6.07) is 33.5. The lowest BCUT2D eigenvalue weighted by Crippen LogP contribution is -2.52. The molecule has 3 amide bonds. The van der Waals surface area contributed by atoms with Gasteiger partial charge in [0, 0.05) is 27.3 Å². The lowest BCUT2D eigenvalue weighted by atomic mass is 9.84. The number of anilines is 1. The van der Waals surface area contributed by atoms with Gasteiger partial charge in [-0.25, -0.2) is 9.59 Å². The van der Waals surface area contributed by atoms with Crippen LogP contribution in [0, 0.1) is 0 Å². The van der Waals surface area contributed by atoms with Crippen LogP contribution in [0.4, 0.5) is 15.3 Å². The molecule has 0 aromatic heterocycles. The first-order chi connectivity index (χ1) is 25.0. The number of benzene rings is 4. The van der Waals surface area contributed by atoms with Crippen molar-refractivity contribution < 1.29 is 28.6 Å². The first kappa shape index (κ1) is 38.7. The van der Waals surface area contributed by atoms with Crippen molar-refractivity contribution in [3.63, 3.8) is 0 Å². The second kappa shape index (κ2) is 18.3. The van der Waals surface area contributed by atoms with Crippen LogP contribution in [0.1, 0.15) is 49.8 Å². The van der Waals surface area contributed by atoms with E-state index < -0.39 is 23.7 Å². The van der Waals surface area contributed by atoms with Gasteiger partial charge >= 0.3 is 12.2 Å². The molecule has 0 saturated carbocycles. The van der Waals surface area contributed by atoms with Crippen LogP contribution in [0.5, 0.6) is 0 Å². The first-order valence-electron chi connectivity index (χ1n) is 17.3. The molecule has 5 rings (SSSR count). The van der Waals surface area contributed by atoms with Crippen LogP contribution in [0.25, 0.3) is 0 Å². The highest BCUT2D eigenvalue weighted by Gasteiger charge is 2.35. The third-order valence-corrected chi connectivity index (χ3v) is 9.93. The molecule has 1 saturated heterocycles. The fourth-order valence-electron chi connectivity index (χ4n) is 6.14. The number of rotatable bonds is 12. The number of nitrogens with one attached hydrogen (secondary N) is 2. The minimum atomic E-state index is -0.992. The van der Waals surface area contributed by atoms with E-state index in [-0.39, 0.29) is 24.2 Å². The highest BCUT2D eigenvalue weighted by molar-refractivity contribution is 7.99. The van der Waals surface area contributed by atoms with Crippen molar-refractivity contribution in [1.29, 1.82) is 0 Å². The maximum atomic E-state index is 14.2. The predicted octanol–water partition coefficient (Wildman–Crippen LogP) is 8.56. The number of hydrogen-bond acceptors (Lipinski definition) is 7. The molecule has 11 heteroatoms. The van der Waals surface area contributed by atoms with Crippen molar-refractivity contribution in [3.05, 3.63) is 131 Å². The number of halogens is 1. The van der Waals surface area contributed by atoms with Gasteiger partial charge in [0.15, 0.2) is 0 Å². The largest absolute Gasteiger partial charge is 0.453 e. The third-order valence-electron chi connectivity index (χ3n) is 8.54. The monoisotopic (exact) mass is 743 g/mol. The van der Waals surface area contributed by atoms with Gasteiger partial charge in [-0.1, -0.05) is 90.5 Å². The molecule has 1 heterocycles. The number of alkyl carbamates (subject to hydrolysis) is 1. The van der Waals surface area contributed by atoms with Crippen molar-refractivity contribution in [2.45, 2.75) is 68.3 Å². The fourth-order valence-corrected chi connectivity index (χ4v) is 7.16. The smallest absolute Gasteiger partial charge is 0.410 e. The summed E-state index contributed by atoms with van der Waals surface area (Å²) in [6.07, 6.45) is -0.413. The molecule has 1 unspecified atom stereocenters. The molecule has 3 atom stereocenters. The molecule has 2 N–H and O–H groups in total. The number of carbonyl (C=O) groups excluding carboxylic acids is 3. The normalized spacial score (nSPS) is 16.5. The maximum Gasteiger partial charge on any atom is 0.410 e. The Balaban J connectivity index is 1.33. The maximum absolute atomic E-state index is 14.2. The molecule has 9 nitrogen and oxygen atoms in total. The second-order valence-corrected chi connectivity index (χ2v) is 15.2. The number of methoxy groups -OCH3 is 1. The summed E-state index contributed by atoms with van der Waals surface area (Å²) in [5.41, 5.74) is 2.63. The van der Waals surface area contributed by atoms with Gasteiger partial charge in [-0.15, -0.1) is 11.8 Å². The Kier molecular flexibility index (Phi) is 13.6.